The number of nitrogens with zero attached hydrogens (tertiary/aromatic N) is 1. The number of rotatable bonds is 9. The summed E-state index contributed by atoms with van der Waals surface area (Å²) in [5, 5.41) is 9.97. The average molecular weight is 614 g/mol. The van der Waals surface area contributed by atoms with Gasteiger partial charge in [0.1, 0.15) is 0 Å². The molecule has 43 heavy (non-hydrogen) atoms. The number of nitrogens with one attached hydrogen (secondary N) is 4. The van der Waals surface area contributed by atoms with Gasteiger partial charge >= 0.3 is 0 Å². The molecule has 2 aromatic heterocycles. The first-order valence-electron chi connectivity index (χ1n) is 15.0. The number of amides is 2. The van der Waals surface area contributed by atoms with E-state index in [1.165, 1.54) is 18.7 Å². The molecule has 5 rings (SSSR count). The van der Waals surface area contributed by atoms with Gasteiger partial charge in [-0.3, -0.25) is 14.4 Å². The lowest BCUT2D eigenvalue weighted by Crippen LogP contribution is -2.52. The van der Waals surface area contributed by atoms with Crippen LogP contribution in [-0.2, 0) is 11.3 Å². The Hall–Kier alpha value is -3.18. The quantitative estimate of drug-likeness (QED) is 0.219. The summed E-state index contributed by atoms with van der Waals surface area (Å²) in [5.41, 5.74) is 3.89. The fourth-order valence-electron chi connectivity index (χ4n) is 6.92. The molecule has 0 saturated heterocycles. The number of carbonyl (C=O) groups is 2. The maximum Gasteiger partial charge on any atom is 0.254 e. The summed E-state index contributed by atoms with van der Waals surface area (Å²) >= 11 is 1.46. The number of thioether (sulfide) groups is 1. The molecule has 3 aromatic rings. The number of anilines is 1. The lowest BCUT2D eigenvalue weighted by atomic mass is 9.80. The van der Waals surface area contributed by atoms with Crippen LogP contribution < -0.4 is 21.5 Å². The molecule has 11 heteroatoms. The zero-order chi connectivity index (χ0) is 31.1. The largest absolute Gasteiger partial charge is 0.348 e. The van der Waals surface area contributed by atoms with E-state index in [0.29, 0.717) is 22.7 Å². The van der Waals surface area contributed by atoms with Crippen molar-refractivity contribution < 1.29 is 18.4 Å². The number of benzene rings is 1. The second-order valence-electron chi connectivity index (χ2n) is 12.2. The summed E-state index contributed by atoms with van der Waals surface area (Å²) in [7, 11) is 0. The maximum atomic E-state index is 13.8. The number of carbonyl (C=O) groups excluding carboxylic acids is 2. The van der Waals surface area contributed by atoms with Gasteiger partial charge in [0.15, 0.2) is 0 Å². The molecule has 1 aromatic carbocycles. The van der Waals surface area contributed by atoms with Crippen molar-refractivity contribution in [1.82, 2.24) is 20.2 Å². The Kier molecular flexibility index (Phi) is 9.04. The third kappa shape index (κ3) is 6.67. The standard InChI is InChI=1S/C32H41F2N5O3S/c1-17-12-28(43-5)26(30(41)36-17)16-35-31(42)29-19(3)39(27-11-10-23(13-25(27)29)37-20(4)40)18(2)21-6-8-22(9-7-21)38-24-14-32(33,34)15-24/h10-13,18,21-22,24,38H,6-9,14-16H2,1-5H3,(H,35,42)(H,36,41)(H,37,40). The van der Waals surface area contributed by atoms with Crippen molar-refractivity contribution in [2.45, 2.75) is 102 Å². The molecule has 2 aliphatic carbocycles. The number of aromatic nitrogens is 2. The van der Waals surface area contributed by atoms with Crippen LogP contribution >= 0.6 is 11.8 Å². The molecule has 1 atom stereocenters. The van der Waals surface area contributed by atoms with Crippen molar-refractivity contribution in [1.29, 1.82) is 0 Å². The van der Waals surface area contributed by atoms with Crippen molar-refractivity contribution in [3.05, 3.63) is 57.1 Å². The number of fused-ring (bicyclic) bond motifs is 1. The number of aryl methyl sites for hydroxylation is 1. The first kappa shape index (κ1) is 31.3. The molecule has 2 aliphatic rings. The molecule has 0 radical (unpaired) electrons. The van der Waals surface area contributed by atoms with Gasteiger partial charge in [0.25, 0.3) is 17.4 Å². The minimum atomic E-state index is -2.52. The molecule has 8 nitrogen and oxygen atoms in total. The van der Waals surface area contributed by atoms with Crippen LogP contribution in [0.3, 0.4) is 0 Å². The number of hydrogen-bond acceptors (Lipinski definition) is 5. The van der Waals surface area contributed by atoms with Crippen molar-refractivity contribution in [2.24, 2.45) is 5.92 Å². The van der Waals surface area contributed by atoms with E-state index < -0.39 is 5.92 Å². The lowest BCUT2D eigenvalue weighted by molar-refractivity contribution is -0.114. The first-order chi connectivity index (χ1) is 20.4. The van der Waals surface area contributed by atoms with E-state index in [4.69, 9.17) is 0 Å². The van der Waals surface area contributed by atoms with Crippen LogP contribution in [0, 0.1) is 19.8 Å². The highest BCUT2D eigenvalue weighted by Crippen LogP contribution is 2.41. The van der Waals surface area contributed by atoms with Gasteiger partial charge in [-0.2, -0.15) is 0 Å². The van der Waals surface area contributed by atoms with E-state index in [9.17, 15) is 23.2 Å². The molecular formula is C32H41F2N5O3S. The Labute approximate surface area is 254 Å². The fraction of sp³-hybridized carbons (Fsp3) is 0.531. The topological polar surface area (TPSA) is 108 Å². The number of aromatic amines is 1. The highest BCUT2D eigenvalue weighted by molar-refractivity contribution is 7.98. The Balaban J connectivity index is 1.40. The van der Waals surface area contributed by atoms with E-state index in [2.05, 4.69) is 32.4 Å². The first-order valence-corrected chi connectivity index (χ1v) is 16.2. The van der Waals surface area contributed by atoms with Crippen LogP contribution in [0.5, 0.6) is 0 Å². The van der Waals surface area contributed by atoms with Crippen LogP contribution in [0.1, 0.15) is 85.7 Å². The summed E-state index contributed by atoms with van der Waals surface area (Å²) in [6, 6.07) is 7.78. The lowest BCUT2D eigenvalue weighted by Gasteiger charge is -2.41. The van der Waals surface area contributed by atoms with E-state index in [1.807, 2.05) is 44.4 Å². The number of halogens is 2. The van der Waals surface area contributed by atoms with Gasteiger partial charge in [-0.25, -0.2) is 8.78 Å². The van der Waals surface area contributed by atoms with Gasteiger partial charge in [-0.1, -0.05) is 0 Å². The molecule has 1 unspecified atom stereocenters. The van der Waals surface area contributed by atoms with Crippen molar-refractivity contribution in [3.63, 3.8) is 0 Å². The molecule has 2 amide bonds. The van der Waals surface area contributed by atoms with Crippen molar-refractivity contribution in [2.75, 3.05) is 11.6 Å². The molecule has 2 saturated carbocycles. The van der Waals surface area contributed by atoms with E-state index in [1.54, 1.807) is 0 Å². The molecular weight excluding hydrogens is 572 g/mol. The third-order valence-corrected chi connectivity index (χ3v) is 9.90. The zero-order valence-corrected chi connectivity index (χ0v) is 26.2. The number of alkyl halides is 2. The van der Waals surface area contributed by atoms with Crippen LogP contribution in [0.2, 0.25) is 0 Å². The van der Waals surface area contributed by atoms with Crippen LogP contribution in [0.4, 0.5) is 14.5 Å². The van der Waals surface area contributed by atoms with Gasteiger partial charge in [0, 0.05) is 82.9 Å². The minimum Gasteiger partial charge on any atom is -0.348 e. The highest BCUT2D eigenvalue weighted by Gasteiger charge is 2.46. The summed E-state index contributed by atoms with van der Waals surface area (Å²) in [6.45, 7) is 7.48. The van der Waals surface area contributed by atoms with Crippen LogP contribution in [-0.4, -0.2) is 45.6 Å². The van der Waals surface area contributed by atoms with E-state index in [-0.39, 0.29) is 54.9 Å². The molecule has 4 N–H and O–H groups in total. The molecule has 2 fully saturated rings. The smallest absolute Gasteiger partial charge is 0.254 e. The zero-order valence-electron chi connectivity index (χ0n) is 25.4. The summed E-state index contributed by atoms with van der Waals surface area (Å²) in [6.07, 6.45) is 5.54. The Morgan fingerprint density at radius 1 is 1.12 bits per heavy atom. The Morgan fingerprint density at radius 2 is 1.81 bits per heavy atom. The minimum absolute atomic E-state index is 0.0694. The van der Waals surface area contributed by atoms with Gasteiger partial charge in [-0.05, 0) is 82.9 Å². The van der Waals surface area contributed by atoms with Crippen LogP contribution in [0.25, 0.3) is 10.9 Å². The van der Waals surface area contributed by atoms with Gasteiger partial charge < -0.3 is 25.5 Å². The number of pyridine rings is 1. The highest BCUT2D eigenvalue weighted by atomic mass is 32.2. The number of hydrogen-bond donors (Lipinski definition) is 4. The molecule has 0 aliphatic heterocycles. The predicted octanol–water partition coefficient (Wildman–Crippen LogP) is 6.06. The summed E-state index contributed by atoms with van der Waals surface area (Å²) in [5.74, 6) is -2.65. The van der Waals surface area contributed by atoms with Crippen molar-refractivity contribution >= 4 is 40.2 Å². The molecule has 0 bridgehead atoms. The van der Waals surface area contributed by atoms with E-state index >= 15 is 0 Å². The second-order valence-corrected chi connectivity index (χ2v) is 13.1. The van der Waals surface area contributed by atoms with Crippen molar-refractivity contribution in [3.8, 4) is 0 Å². The van der Waals surface area contributed by atoms with Gasteiger partial charge in [0.2, 0.25) is 5.91 Å². The van der Waals surface area contributed by atoms with E-state index in [0.717, 1.165) is 52.9 Å². The maximum absolute atomic E-state index is 13.8. The number of H-pyrrole nitrogens is 1. The molecule has 232 valence electrons. The summed E-state index contributed by atoms with van der Waals surface area (Å²) < 4.78 is 28.8. The van der Waals surface area contributed by atoms with Gasteiger partial charge in [-0.15, -0.1) is 11.8 Å². The fourth-order valence-corrected chi connectivity index (χ4v) is 7.63. The molecule has 2 heterocycles. The third-order valence-electron chi connectivity index (χ3n) is 9.09. The van der Waals surface area contributed by atoms with Crippen LogP contribution in [0.15, 0.2) is 34.0 Å². The SMILES string of the molecule is CSc1cc(C)[nH]c(=O)c1CNC(=O)c1c(C)n(C(C)C2CCC(NC3CC(F)(F)C3)CC2)c2ccc(NC(C)=O)cc12. The Morgan fingerprint density at radius 3 is 2.44 bits per heavy atom. The monoisotopic (exact) mass is 613 g/mol. The second kappa shape index (κ2) is 12.4. The predicted molar refractivity (Wildman–Crippen MR) is 167 cm³/mol. The average Bonchev–Trinajstić information content (AvgIpc) is 3.21. The Bertz CT molecular complexity index is 1580. The summed E-state index contributed by atoms with van der Waals surface area (Å²) in [4.78, 5) is 41.9. The van der Waals surface area contributed by atoms with Gasteiger partial charge in [0.05, 0.1) is 5.56 Å². The molecule has 0 spiro atoms. The normalized spacial score (nSPS) is 20.9.